The SMILES string of the molecule is Cc1c(C)n2c3c(cccc13)B1c3ccc(-c4ccc5c6ccccc6c6ccccc6c5c4)cc3N(C)c3cccc-2c31. The van der Waals surface area contributed by atoms with Crippen LogP contribution in [0.5, 0.6) is 0 Å². The maximum absolute atomic E-state index is 2.51. The highest BCUT2D eigenvalue weighted by Crippen LogP contribution is 2.39. The van der Waals surface area contributed by atoms with E-state index in [1.165, 1.54) is 99.1 Å². The fraction of sp³-hybridized carbons (Fsp3) is 0.0732. The summed E-state index contributed by atoms with van der Waals surface area (Å²) in [5.74, 6) is 0. The van der Waals surface area contributed by atoms with Gasteiger partial charge in [-0.05, 0) is 104 Å². The van der Waals surface area contributed by atoms with Gasteiger partial charge < -0.3 is 9.47 Å². The first kappa shape index (κ1) is 24.2. The van der Waals surface area contributed by atoms with E-state index in [9.17, 15) is 0 Å². The Morgan fingerprint density at radius 1 is 0.477 bits per heavy atom. The van der Waals surface area contributed by atoms with E-state index in [0.29, 0.717) is 0 Å². The van der Waals surface area contributed by atoms with Gasteiger partial charge in [0.25, 0.3) is 6.71 Å². The maximum Gasteiger partial charge on any atom is 0.252 e. The monoisotopic (exact) mass is 560 g/mol. The average molecular weight is 561 g/mol. The van der Waals surface area contributed by atoms with Crippen molar-refractivity contribution in [1.82, 2.24) is 4.57 Å². The molecule has 0 atom stereocenters. The Labute approximate surface area is 256 Å². The first-order chi connectivity index (χ1) is 21.6. The lowest BCUT2D eigenvalue weighted by molar-refractivity contribution is 1.04. The Kier molecular flexibility index (Phi) is 4.63. The zero-order valence-electron chi connectivity index (χ0n) is 25.0. The summed E-state index contributed by atoms with van der Waals surface area (Å²) in [5, 5.41) is 9.23. The van der Waals surface area contributed by atoms with E-state index in [4.69, 9.17) is 0 Å². The molecular formula is C41H29BN2. The van der Waals surface area contributed by atoms with Gasteiger partial charge in [-0.15, -0.1) is 0 Å². The molecule has 10 rings (SSSR count). The Hall–Kier alpha value is -5.28. The third kappa shape index (κ3) is 2.92. The Balaban J connectivity index is 1.21. The zero-order valence-corrected chi connectivity index (χ0v) is 25.0. The first-order valence-corrected chi connectivity index (χ1v) is 15.6. The summed E-state index contributed by atoms with van der Waals surface area (Å²) in [5.41, 5.74) is 14.7. The molecule has 0 spiro atoms. The van der Waals surface area contributed by atoms with Crippen LogP contribution in [0.3, 0.4) is 0 Å². The molecule has 0 radical (unpaired) electrons. The summed E-state index contributed by atoms with van der Waals surface area (Å²) in [7, 11) is 2.23. The van der Waals surface area contributed by atoms with Crippen LogP contribution in [0, 0.1) is 13.8 Å². The first-order valence-electron chi connectivity index (χ1n) is 15.6. The van der Waals surface area contributed by atoms with E-state index in [-0.39, 0.29) is 6.71 Å². The minimum Gasteiger partial charge on any atom is -0.345 e. The van der Waals surface area contributed by atoms with Crippen LogP contribution in [0.15, 0.2) is 121 Å². The molecule has 3 heteroatoms. The van der Waals surface area contributed by atoms with E-state index >= 15 is 0 Å². The topological polar surface area (TPSA) is 8.17 Å². The minimum absolute atomic E-state index is 0.207. The number of aromatic nitrogens is 1. The fourth-order valence-electron chi connectivity index (χ4n) is 8.46. The summed E-state index contributed by atoms with van der Waals surface area (Å²) in [6.45, 7) is 4.74. The molecule has 0 unspecified atom stereocenters. The van der Waals surface area contributed by atoms with Gasteiger partial charge in [0.05, 0.1) is 0 Å². The van der Waals surface area contributed by atoms with Gasteiger partial charge in [0.15, 0.2) is 0 Å². The highest BCUT2D eigenvalue weighted by Gasteiger charge is 2.40. The summed E-state index contributed by atoms with van der Waals surface area (Å²) in [4.78, 5) is 2.41. The molecule has 1 aromatic heterocycles. The smallest absolute Gasteiger partial charge is 0.252 e. The number of rotatable bonds is 1. The second-order valence-electron chi connectivity index (χ2n) is 12.6. The normalized spacial score (nSPS) is 13.2. The van der Waals surface area contributed by atoms with Gasteiger partial charge in [-0.3, -0.25) is 0 Å². The van der Waals surface area contributed by atoms with E-state index in [0.717, 1.165) is 0 Å². The Morgan fingerprint density at radius 2 is 1.07 bits per heavy atom. The zero-order chi connectivity index (χ0) is 29.3. The number of hydrogen-bond donors (Lipinski definition) is 0. The molecule has 0 amide bonds. The molecule has 7 aromatic carbocycles. The van der Waals surface area contributed by atoms with Crippen molar-refractivity contribution < 1.29 is 0 Å². The van der Waals surface area contributed by atoms with Gasteiger partial charge in [-0.2, -0.15) is 0 Å². The van der Waals surface area contributed by atoms with Crippen LogP contribution in [-0.4, -0.2) is 18.3 Å². The number of para-hydroxylation sites is 1. The lowest BCUT2D eigenvalue weighted by Gasteiger charge is -2.38. The second-order valence-corrected chi connectivity index (χ2v) is 12.6. The third-order valence-electron chi connectivity index (χ3n) is 10.6. The Morgan fingerprint density at radius 3 is 1.82 bits per heavy atom. The molecule has 2 aliphatic heterocycles. The molecule has 206 valence electrons. The summed E-state index contributed by atoms with van der Waals surface area (Å²) in [6.07, 6.45) is 0. The molecule has 3 heterocycles. The molecule has 2 nitrogen and oxygen atoms in total. The van der Waals surface area contributed by atoms with Crippen molar-refractivity contribution in [3.8, 4) is 16.8 Å². The second kappa shape index (κ2) is 8.42. The van der Waals surface area contributed by atoms with Crippen LogP contribution in [0.1, 0.15) is 11.3 Å². The third-order valence-corrected chi connectivity index (χ3v) is 10.6. The quantitative estimate of drug-likeness (QED) is 0.145. The standard InChI is InChI=1S/C41H29BN2/c1-24-25(2)44-38-17-9-16-37-40(38)42(36-15-8-14-28(24)41(36)44)35-21-19-27(23-39(35)43(37)3)26-18-20-33-31-12-5-4-10-29(31)30-11-6-7-13-32(30)34(33)22-26/h4-23H,1-3H3. The number of fused-ring (bicyclic) bond motifs is 10. The van der Waals surface area contributed by atoms with E-state index in [2.05, 4.69) is 152 Å². The van der Waals surface area contributed by atoms with E-state index < -0.39 is 0 Å². The van der Waals surface area contributed by atoms with Crippen LogP contribution in [0.4, 0.5) is 11.4 Å². The summed E-state index contributed by atoms with van der Waals surface area (Å²) >= 11 is 0. The maximum atomic E-state index is 2.51. The predicted molar refractivity (Wildman–Crippen MR) is 190 cm³/mol. The molecule has 44 heavy (non-hydrogen) atoms. The summed E-state index contributed by atoms with van der Waals surface area (Å²) < 4.78 is 2.51. The van der Waals surface area contributed by atoms with Crippen LogP contribution in [-0.2, 0) is 0 Å². The molecule has 0 aliphatic carbocycles. The molecular weight excluding hydrogens is 531 g/mol. The number of nitrogens with zero attached hydrogens (tertiary/aromatic N) is 2. The van der Waals surface area contributed by atoms with Crippen molar-refractivity contribution in [2.45, 2.75) is 13.8 Å². The lowest BCUT2D eigenvalue weighted by Crippen LogP contribution is -2.60. The van der Waals surface area contributed by atoms with E-state index in [1.54, 1.807) is 0 Å². The van der Waals surface area contributed by atoms with Crippen molar-refractivity contribution in [3.05, 3.63) is 133 Å². The predicted octanol–water partition coefficient (Wildman–Crippen LogP) is 8.28. The molecule has 0 N–H and O–H groups in total. The molecule has 0 saturated carbocycles. The number of anilines is 2. The van der Waals surface area contributed by atoms with Gasteiger partial charge in [0, 0.05) is 40.7 Å². The van der Waals surface area contributed by atoms with Gasteiger partial charge in [0.1, 0.15) is 0 Å². The lowest BCUT2D eigenvalue weighted by atomic mass is 9.34. The highest BCUT2D eigenvalue weighted by atomic mass is 15.1. The van der Waals surface area contributed by atoms with Crippen molar-refractivity contribution in [3.63, 3.8) is 0 Å². The van der Waals surface area contributed by atoms with Crippen LogP contribution < -0.4 is 21.3 Å². The molecule has 8 aromatic rings. The van der Waals surface area contributed by atoms with Crippen molar-refractivity contribution in [1.29, 1.82) is 0 Å². The number of hydrogen-bond acceptors (Lipinski definition) is 1. The minimum atomic E-state index is 0.207. The summed E-state index contributed by atoms with van der Waals surface area (Å²) in [6, 6.07) is 45.5. The fourth-order valence-corrected chi connectivity index (χ4v) is 8.46. The molecule has 0 bridgehead atoms. The molecule has 0 fully saturated rings. The van der Waals surface area contributed by atoms with Gasteiger partial charge >= 0.3 is 0 Å². The van der Waals surface area contributed by atoms with Crippen molar-refractivity contribution in [2.24, 2.45) is 0 Å². The van der Waals surface area contributed by atoms with E-state index in [1.807, 2.05) is 0 Å². The largest absolute Gasteiger partial charge is 0.345 e. The van der Waals surface area contributed by atoms with Gasteiger partial charge in [-0.25, -0.2) is 0 Å². The van der Waals surface area contributed by atoms with Gasteiger partial charge in [-0.1, -0.05) is 97.1 Å². The Bertz CT molecular complexity index is 2520. The van der Waals surface area contributed by atoms with Crippen LogP contribution in [0.2, 0.25) is 0 Å². The number of aryl methyl sites for hydroxylation is 1. The van der Waals surface area contributed by atoms with Crippen LogP contribution >= 0.6 is 0 Å². The molecule has 0 saturated heterocycles. The number of benzene rings is 7. The van der Waals surface area contributed by atoms with Crippen molar-refractivity contribution >= 4 is 77.7 Å². The highest BCUT2D eigenvalue weighted by molar-refractivity contribution is 7.00. The van der Waals surface area contributed by atoms with Gasteiger partial charge in [0.2, 0.25) is 0 Å². The van der Waals surface area contributed by atoms with Crippen LogP contribution in [0.25, 0.3) is 60.0 Å². The van der Waals surface area contributed by atoms with Crippen molar-refractivity contribution in [2.75, 3.05) is 11.9 Å². The molecule has 2 aliphatic rings. The average Bonchev–Trinajstić information content (AvgIpc) is 3.34.